The first kappa shape index (κ1) is 22.3. The number of rotatable bonds is 8. The van der Waals surface area contributed by atoms with Crippen LogP contribution in [0, 0.1) is 5.82 Å². The molecule has 33 heavy (non-hydrogen) atoms. The van der Waals surface area contributed by atoms with Crippen LogP contribution in [0.15, 0.2) is 88.6 Å². The summed E-state index contributed by atoms with van der Waals surface area (Å²) in [7, 11) is -4.02. The average molecular weight is 469 g/mol. The molecular weight excluding hydrogens is 449 g/mol. The average Bonchev–Trinajstić information content (AvgIpc) is 3.12. The first-order valence-electron chi connectivity index (χ1n) is 9.89. The zero-order chi connectivity index (χ0) is 23.4. The molecule has 0 radical (unpaired) electrons. The molecule has 1 aromatic heterocycles. The molecule has 0 spiro atoms. The Hall–Kier alpha value is -3.89. The van der Waals surface area contributed by atoms with E-state index in [1.165, 1.54) is 48.5 Å². The third-order valence-corrected chi connectivity index (χ3v) is 6.64. The van der Waals surface area contributed by atoms with Gasteiger partial charge in [0.15, 0.2) is 0 Å². The van der Waals surface area contributed by atoms with Crippen molar-refractivity contribution in [2.24, 2.45) is 0 Å². The second kappa shape index (κ2) is 9.31. The molecule has 0 unspecified atom stereocenters. The molecule has 0 saturated heterocycles. The van der Waals surface area contributed by atoms with Gasteiger partial charge in [0.05, 0.1) is 17.1 Å². The molecule has 0 aliphatic heterocycles. The summed E-state index contributed by atoms with van der Waals surface area (Å²) in [6.07, 6.45) is 0. The number of hydrogen-bond donors (Lipinski definition) is 3. The maximum atomic E-state index is 13.4. The van der Waals surface area contributed by atoms with Crippen molar-refractivity contribution >= 4 is 10.0 Å². The van der Waals surface area contributed by atoms with Gasteiger partial charge < -0.3 is 14.8 Å². The van der Waals surface area contributed by atoms with E-state index in [0.717, 1.165) is 9.87 Å². The number of nitrogens with zero attached hydrogens (tertiary/aromatic N) is 1. The highest BCUT2D eigenvalue weighted by molar-refractivity contribution is 7.89. The third kappa shape index (κ3) is 5.30. The van der Waals surface area contributed by atoms with Crippen LogP contribution in [0.25, 0.3) is 0 Å². The van der Waals surface area contributed by atoms with E-state index in [2.05, 4.69) is 9.97 Å². The summed E-state index contributed by atoms with van der Waals surface area (Å²) in [6.45, 7) is -0.237. The van der Waals surface area contributed by atoms with Crippen LogP contribution in [0.2, 0.25) is 0 Å². The second-order valence-corrected chi connectivity index (χ2v) is 9.13. The van der Waals surface area contributed by atoms with Gasteiger partial charge in [0, 0.05) is 6.54 Å². The van der Waals surface area contributed by atoms with Gasteiger partial charge in [-0.15, -0.1) is 0 Å². The van der Waals surface area contributed by atoms with Crippen LogP contribution in [0.5, 0.6) is 17.4 Å². The lowest BCUT2D eigenvalue weighted by molar-refractivity contribution is 0.382. The molecular formula is C23H20FN3O5S. The third-order valence-electron chi connectivity index (χ3n) is 4.83. The lowest BCUT2D eigenvalue weighted by atomic mass is 10.2. The zero-order valence-corrected chi connectivity index (χ0v) is 18.0. The van der Waals surface area contributed by atoms with E-state index < -0.39 is 27.4 Å². The summed E-state index contributed by atoms with van der Waals surface area (Å²) >= 11 is 0. The van der Waals surface area contributed by atoms with Crippen LogP contribution < -0.4 is 10.4 Å². The molecule has 3 aromatic carbocycles. The van der Waals surface area contributed by atoms with Crippen molar-refractivity contribution in [1.29, 1.82) is 0 Å². The molecule has 10 heteroatoms. The number of aromatic amines is 2. The molecule has 0 amide bonds. The van der Waals surface area contributed by atoms with Crippen molar-refractivity contribution in [3.63, 3.8) is 0 Å². The molecule has 0 saturated carbocycles. The number of aromatic nitrogens is 2. The molecule has 4 rings (SSSR count). The monoisotopic (exact) mass is 469 g/mol. The fourth-order valence-corrected chi connectivity index (χ4v) is 4.58. The Morgan fingerprint density at radius 2 is 1.45 bits per heavy atom. The summed E-state index contributed by atoms with van der Waals surface area (Å²) in [4.78, 5) is 16.1. The number of nitrogens with one attached hydrogen (secondary N) is 2. The standard InChI is InChI=1S/C23H20FN3O5S/c24-17-6-8-18(9-7-17)32-19-10-12-20(13-11-19)33(30,31)27(14-16-4-2-1-3-5-16)15-21-22(28)26-23(29)25-21/h1-13,28H,14-15H2,(H2,25,26,29). The predicted molar refractivity (Wildman–Crippen MR) is 119 cm³/mol. The molecule has 0 bridgehead atoms. The molecule has 0 aliphatic carbocycles. The highest BCUT2D eigenvalue weighted by atomic mass is 32.2. The summed E-state index contributed by atoms with van der Waals surface area (Å²) < 4.78 is 46.7. The lowest BCUT2D eigenvalue weighted by Gasteiger charge is -2.22. The quantitative estimate of drug-likeness (QED) is 0.364. The Morgan fingerprint density at radius 1 is 0.848 bits per heavy atom. The smallest absolute Gasteiger partial charge is 0.326 e. The lowest BCUT2D eigenvalue weighted by Crippen LogP contribution is -2.30. The maximum Gasteiger partial charge on any atom is 0.326 e. The molecule has 1 heterocycles. The van der Waals surface area contributed by atoms with E-state index >= 15 is 0 Å². The number of halogens is 1. The second-order valence-electron chi connectivity index (χ2n) is 7.19. The summed E-state index contributed by atoms with van der Waals surface area (Å²) in [5.74, 6) is -0.0271. The van der Waals surface area contributed by atoms with Crippen LogP contribution >= 0.6 is 0 Å². The van der Waals surface area contributed by atoms with Gasteiger partial charge in [0.1, 0.15) is 17.3 Å². The summed E-state index contributed by atoms with van der Waals surface area (Å²) in [6, 6.07) is 20.2. The Labute approximate surface area is 189 Å². The fourth-order valence-electron chi connectivity index (χ4n) is 3.18. The van der Waals surface area contributed by atoms with Crippen LogP contribution in [-0.4, -0.2) is 27.8 Å². The summed E-state index contributed by atoms with van der Waals surface area (Å²) in [5.41, 5.74) is 0.146. The first-order valence-corrected chi connectivity index (χ1v) is 11.3. The van der Waals surface area contributed by atoms with Crippen molar-refractivity contribution in [3.05, 3.63) is 106 Å². The summed E-state index contributed by atoms with van der Waals surface area (Å²) in [5, 5.41) is 9.93. The number of ether oxygens (including phenoxy) is 1. The van der Waals surface area contributed by atoms with Crippen molar-refractivity contribution in [3.8, 4) is 17.4 Å². The maximum absolute atomic E-state index is 13.4. The molecule has 3 N–H and O–H groups in total. The molecule has 8 nitrogen and oxygen atoms in total. The normalized spacial score (nSPS) is 11.6. The van der Waals surface area contributed by atoms with Crippen LogP contribution in [0.1, 0.15) is 11.3 Å². The minimum absolute atomic E-state index is 0.00209. The Morgan fingerprint density at radius 3 is 2.03 bits per heavy atom. The number of imidazole rings is 1. The minimum atomic E-state index is -4.02. The molecule has 0 aliphatic rings. The van der Waals surface area contributed by atoms with E-state index in [1.54, 1.807) is 24.3 Å². The molecule has 0 atom stereocenters. The highest BCUT2D eigenvalue weighted by Gasteiger charge is 2.27. The van der Waals surface area contributed by atoms with E-state index in [0.29, 0.717) is 11.5 Å². The SMILES string of the molecule is O=c1[nH]c(O)c(CN(Cc2ccccc2)S(=O)(=O)c2ccc(Oc3ccc(F)cc3)cc2)[nH]1. The van der Waals surface area contributed by atoms with Gasteiger partial charge >= 0.3 is 5.69 Å². The van der Waals surface area contributed by atoms with Crippen molar-refractivity contribution < 1.29 is 22.7 Å². The number of benzene rings is 3. The van der Waals surface area contributed by atoms with Gasteiger partial charge in [0.25, 0.3) is 0 Å². The minimum Gasteiger partial charge on any atom is -0.493 e. The van der Waals surface area contributed by atoms with Gasteiger partial charge in [-0.05, 0) is 54.1 Å². The molecule has 170 valence electrons. The van der Waals surface area contributed by atoms with E-state index in [4.69, 9.17) is 4.74 Å². The van der Waals surface area contributed by atoms with Gasteiger partial charge in [-0.1, -0.05) is 30.3 Å². The van der Waals surface area contributed by atoms with Crippen LogP contribution in [-0.2, 0) is 23.1 Å². The number of sulfonamides is 1. The van der Waals surface area contributed by atoms with Crippen LogP contribution in [0.3, 0.4) is 0 Å². The molecule has 4 aromatic rings. The topological polar surface area (TPSA) is 115 Å². The van der Waals surface area contributed by atoms with Gasteiger partial charge in [0.2, 0.25) is 15.9 Å². The van der Waals surface area contributed by atoms with Crippen molar-refractivity contribution in [2.45, 2.75) is 18.0 Å². The Balaban J connectivity index is 1.61. The van der Waals surface area contributed by atoms with E-state index in [9.17, 15) is 22.7 Å². The van der Waals surface area contributed by atoms with Gasteiger partial charge in [-0.2, -0.15) is 4.31 Å². The number of H-pyrrole nitrogens is 2. The van der Waals surface area contributed by atoms with Crippen LogP contribution in [0.4, 0.5) is 4.39 Å². The van der Waals surface area contributed by atoms with Gasteiger partial charge in [-0.25, -0.2) is 17.6 Å². The van der Waals surface area contributed by atoms with Gasteiger partial charge in [-0.3, -0.25) is 4.98 Å². The molecule has 0 fully saturated rings. The zero-order valence-electron chi connectivity index (χ0n) is 17.2. The fraction of sp³-hybridized carbons (Fsp3) is 0.0870. The number of aromatic hydroxyl groups is 1. The number of hydrogen-bond acceptors (Lipinski definition) is 5. The van der Waals surface area contributed by atoms with Crippen molar-refractivity contribution in [2.75, 3.05) is 0 Å². The van der Waals surface area contributed by atoms with E-state index in [-0.39, 0.29) is 23.7 Å². The Kier molecular flexibility index (Phi) is 6.29. The largest absolute Gasteiger partial charge is 0.493 e. The highest BCUT2D eigenvalue weighted by Crippen LogP contribution is 2.26. The van der Waals surface area contributed by atoms with E-state index in [1.807, 2.05) is 6.07 Å². The van der Waals surface area contributed by atoms with Crippen molar-refractivity contribution in [1.82, 2.24) is 14.3 Å². The first-order chi connectivity index (χ1) is 15.8. The predicted octanol–water partition coefficient (Wildman–Crippen LogP) is 3.73. The Bertz CT molecular complexity index is 1380.